The molecule has 1 fully saturated rings. The molecule has 1 aliphatic heterocycles. The number of likely N-dealkylation sites (N-methyl/N-ethyl adjacent to an activating group) is 1. The lowest BCUT2D eigenvalue weighted by atomic mass is 10.2. The van der Waals surface area contributed by atoms with Gasteiger partial charge in [0.25, 0.3) is 0 Å². The number of amides is 1. The van der Waals surface area contributed by atoms with Crippen LogP contribution in [0.15, 0.2) is 18.2 Å². The van der Waals surface area contributed by atoms with Gasteiger partial charge in [-0.1, -0.05) is 18.5 Å². The number of benzene rings is 1. The molecular weight excluding hydrogens is 262 g/mol. The van der Waals surface area contributed by atoms with Gasteiger partial charge >= 0.3 is 0 Å². The minimum absolute atomic E-state index is 0.00316. The first-order valence-electron chi connectivity index (χ1n) is 6.63. The second-order valence-corrected chi connectivity index (χ2v) is 5.27. The Morgan fingerprint density at radius 1 is 1.32 bits per heavy atom. The second kappa shape index (κ2) is 6.26. The maximum atomic E-state index is 11.3. The maximum Gasteiger partial charge on any atom is 0.224 e. The van der Waals surface area contributed by atoms with Gasteiger partial charge in [0.05, 0.1) is 10.7 Å². The van der Waals surface area contributed by atoms with Crippen molar-refractivity contribution in [3.05, 3.63) is 23.2 Å². The van der Waals surface area contributed by atoms with Gasteiger partial charge in [0, 0.05) is 38.3 Å². The average Bonchev–Trinajstić information content (AvgIpc) is 2.40. The van der Waals surface area contributed by atoms with Crippen LogP contribution >= 0.6 is 11.6 Å². The molecule has 1 amide bonds. The Bertz CT molecular complexity index is 456. The molecule has 0 atom stereocenters. The Kier molecular flexibility index (Phi) is 4.66. The van der Waals surface area contributed by atoms with Gasteiger partial charge in [-0.05, 0) is 25.2 Å². The molecule has 0 bridgehead atoms. The van der Waals surface area contributed by atoms with Crippen LogP contribution in [0.1, 0.15) is 13.3 Å². The number of nitrogens with one attached hydrogen (secondary N) is 1. The van der Waals surface area contributed by atoms with Crippen LogP contribution in [0.2, 0.25) is 5.02 Å². The van der Waals surface area contributed by atoms with E-state index in [-0.39, 0.29) is 5.91 Å². The van der Waals surface area contributed by atoms with E-state index in [0.717, 1.165) is 37.6 Å². The van der Waals surface area contributed by atoms with Crippen molar-refractivity contribution in [3.63, 3.8) is 0 Å². The molecule has 2 rings (SSSR count). The number of hydrogen-bond acceptors (Lipinski definition) is 3. The van der Waals surface area contributed by atoms with Crippen molar-refractivity contribution in [2.75, 3.05) is 43.4 Å². The van der Waals surface area contributed by atoms with E-state index in [0.29, 0.717) is 11.4 Å². The highest BCUT2D eigenvalue weighted by Crippen LogP contribution is 2.29. The highest BCUT2D eigenvalue weighted by Gasteiger charge is 2.16. The number of carbonyl (C=O) groups is 1. The molecular formula is C14H20ClN3O. The number of carbonyl (C=O) groups excluding carboxylic acids is 1. The summed E-state index contributed by atoms with van der Waals surface area (Å²) in [4.78, 5) is 15.9. The monoisotopic (exact) mass is 281 g/mol. The summed E-state index contributed by atoms with van der Waals surface area (Å²) in [7, 11) is 2.13. The lowest BCUT2D eigenvalue weighted by Crippen LogP contribution is -2.44. The third-order valence-corrected chi connectivity index (χ3v) is 3.70. The Hall–Kier alpha value is -1.26. The van der Waals surface area contributed by atoms with Crippen molar-refractivity contribution in [3.8, 4) is 0 Å². The summed E-state index contributed by atoms with van der Waals surface area (Å²) in [5.41, 5.74) is 1.80. The van der Waals surface area contributed by atoms with Crippen LogP contribution in [0, 0.1) is 0 Å². The zero-order valence-electron chi connectivity index (χ0n) is 11.4. The highest BCUT2D eigenvalue weighted by molar-refractivity contribution is 6.33. The molecule has 104 valence electrons. The van der Waals surface area contributed by atoms with Crippen molar-refractivity contribution >= 4 is 28.9 Å². The number of halogens is 1. The highest BCUT2D eigenvalue weighted by atomic mass is 35.5. The van der Waals surface area contributed by atoms with Gasteiger partial charge < -0.3 is 15.1 Å². The predicted molar refractivity (Wildman–Crippen MR) is 80.1 cm³/mol. The maximum absolute atomic E-state index is 11.3. The first-order valence-corrected chi connectivity index (χ1v) is 7.01. The molecule has 1 saturated heterocycles. The van der Waals surface area contributed by atoms with Gasteiger partial charge in [-0.3, -0.25) is 4.79 Å². The lowest BCUT2D eigenvalue weighted by molar-refractivity contribution is -0.115. The van der Waals surface area contributed by atoms with Crippen molar-refractivity contribution in [1.29, 1.82) is 0 Å². The topological polar surface area (TPSA) is 35.6 Å². The summed E-state index contributed by atoms with van der Waals surface area (Å²) < 4.78 is 0. The van der Waals surface area contributed by atoms with Gasteiger partial charge in [-0.25, -0.2) is 0 Å². The number of anilines is 2. The summed E-state index contributed by atoms with van der Waals surface area (Å²) in [5.74, 6) is 0.00316. The van der Waals surface area contributed by atoms with E-state index in [4.69, 9.17) is 11.6 Å². The molecule has 1 aliphatic rings. The van der Waals surface area contributed by atoms with Crippen molar-refractivity contribution in [1.82, 2.24) is 4.90 Å². The number of piperazine rings is 1. The predicted octanol–water partition coefficient (Wildman–Crippen LogP) is 2.44. The number of nitrogens with zero attached hydrogens (tertiary/aromatic N) is 2. The molecule has 0 spiro atoms. The first kappa shape index (κ1) is 14.2. The molecule has 1 aromatic rings. The van der Waals surface area contributed by atoms with Crippen LogP contribution in [-0.2, 0) is 4.79 Å². The van der Waals surface area contributed by atoms with Crippen LogP contribution in [0.4, 0.5) is 11.4 Å². The Morgan fingerprint density at radius 3 is 2.58 bits per heavy atom. The normalized spacial score (nSPS) is 16.5. The average molecular weight is 282 g/mol. The van der Waals surface area contributed by atoms with E-state index < -0.39 is 0 Å². The largest absolute Gasteiger partial charge is 0.368 e. The fourth-order valence-corrected chi connectivity index (χ4v) is 2.44. The second-order valence-electron chi connectivity index (χ2n) is 4.86. The molecule has 1 aromatic carbocycles. The van der Waals surface area contributed by atoms with E-state index in [2.05, 4.69) is 22.2 Å². The fourth-order valence-electron chi connectivity index (χ4n) is 2.14. The Labute approximate surface area is 119 Å². The summed E-state index contributed by atoms with van der Waals surface area (Å²) in [5, 5.41) is 3.51. The van der Waals surface area contributed by atoms with E-state index in [9.17, 15) is 4.79 Å². The molecule has 19 heavy (non-hydrogen) atoms. The summed E-state index contributed by atoms with van der Waals surface area (Å²) in [6, 6.07) is 5.72. The Balaban J connectivity index is 2.08. The summed E-state index contributed by atoms with van der Waals surface area (Å²) >= 11 is 6.32. The molecule has 0 radical (unpaired) electrons. The smallest absolute Gasteiger partial charge is 0.224 e. The molecule has 0 saturated carbocycles. The standard InChI is InChI=1S/C14H20ClN3O/c1-3-14(19)16-11-4-5-13(12(15)10-11)18-8-6-17(2)7-9-18/h4-5,10H,3,6-9H2,1-2H3,(H,16,19). The molecule has 5 heteroatoms. The summed E-state index contributed by atoms with van der Waals surface area (Å²) in [6.07, 6.45) is 0.470. The third kappa shape index (κ3) is 3.61. The number of rotatable bonds is 3. The van der Waals surface area contributed by atoms with Crippen LogP contribution in [0.3, 0.4) is 0 Å². The zero-order chi connectivity index (χ0) is 13.8. The SMILES string of the molecule is CCC(=O)Nc1ccc(N2CCN(C)CC2)c(Cl)c1. The van der Waals surface area contributed by atoms with Crippen LogP contribution < -0.4 is 10.2 Å². The molecule has 0 unspecified atom stereocenters. The molecule has 0 aliphatic carbocycles. The van der Waals surface area contributed by atoms with E-state index in [1.807, 2.05) is 25.1 Å². The van der Waals surface area contributed by atoms with E-state index >= 15 is 0 Å². The van der Waals surface area contributed by atoms with Crippen molar-refractivity contribution in [2.45, 2.75) is 13.3 Å². The van der Waals surface area contributed by atoms with Gasteiger partial charge in [0.15, 0.2) is 0 Å². The van der Waals surface area contributed by atoms with Crippen molar-refractivity contribution < 1.29 is 4.79 Å². The van der Waals surface area contributed by atoms with Gasteiger partial charge in [-0.15, -0.1) is 0 Å². The number of hydrogen-bond donors (Lipinski definition) is 1. The molecule has 4 nitrogen and oxygen atoms in total. The van der Waals surface area contributed by atoms with Crippen molar-refractivity contribution in [2.24, 2.45) is 0 Å². The van der Waals surface area contributed by atoms with E-state index in [1.54, 1.807) is 0 Å². The Morgan fingerprint density at radius 2 is 2.00 bits per heavy atom. The van der Waals surface area contributed by atoms with Gasteiger partial charge in [0.1, 0.15) is 0 Å². The lowest BCUT2D eigenvalue weighted by Gasteiger charge is -2.34. The van der Waals surface area contributed by atoms with Crippen LogP contribution in [0.25, 0.3) is 0 Å². The summed E-state index contributed by atoms with van der Waals surface area (Å²) in [6.45, 7) is 5.89. The van der Waals surface area contributed by atoms with Gasteiger partial charge in [-0.2, -0.15) is 0 Å². The van der Waals surface area contributed by atoms with Crippen LogP contribution in [0.5, 0.6) is 0 Å². The quantitative estimate of drug-likeness (QED) is 0.924. The zero-order valence-corrected chi connectivity index (χ0v) is 12.2. The molecule has 1 heterocycles. The molecule has 0 aromatic heterocycles. The molecule has 1 N–H and O–H groups in total. The fraction of sp³-hybridized carbons (Fsp3) is 0.500. The minimum atomic E-state index is 0.00316. The van der Waals surface area contributed by atoms with E-state index in [1.165, 1.54) is 0 Å². The first-order chi connectivity index (χ1) is 9.10. The third-order valence-electron chi connectivity index (χ3n) is 3.40. The van der Waals surface area contributed by atoms with Gasteiger partial charge in [0.2, 0.25) is 5.91 Å². The minimum Gasteiger partial charge on any atom is -0.368 e. The van der Waals surface area contributed by atoms with Crippen LogP contribution in [-0.4, -0.2) is 44.0 Å².